The van der Waals surface area contributed by atoms with Crippen molar-refractivity contribution in [3.05, 3.63) is 0 Å². The number of aliphatic carboxylic acids is 2. The lowest BCUT2D eigenvalue weighted by Crippen LogP contribution is -2.60. The smallest absolute Gasteiger partial charge is 0.326 e. The van der Waals surface area contributed by atoms with E-state index in [1.807, 2.05) is 0 Å². The van der Waals surface area contributed by atoms with Crippen molar-refractivity contribution in [2.24, 2.45) is 50.3 Å². The zero-order chi connectivity index (χ0) is 37.0. The van der Waals surface area contributed by atoms with Crippen LogP contribution in [0.1, 0.15) is 65.2 Å². The molecule has 0 bridgehead atoms. The molecule has 0 aromatic rings. The van der Waals surface area contributed by atoms with Crippen molar-refractivity contribution < 1.29 is 43.8 Å². The Hall–Kier alpha value is -5.21. The Kier molecular flexibility index (Phi) is 19.9. The van der Waals surface area contributed by atoms with Gasteiger partial charge in [-0.05, 0) is 38.0 Å². The first-order chi connectivity index (χ1) is 22.4. The molecule has 0 radical (unpaired) electrons. The van der Waals surface area contributed by atoms with Crippen LogP contribution in [0.4, 0.5) is 0 Å². The van der Waals surface area contributed by atoms with Gasteiger partial charge in [0.2, 0.25) is 29.5 Å². The first-order valence-corrected chi connectivity index (χ1v) is 15.2. The summed E-state index contributed by atoms with van der Waals surface area (Å²) in [5.41, 5.74) is 32.2. The number of nitrogens with one attached hydrogen (secondary N) is 4. The predicted molar refractivity (Wildman–Crippen MR) is 173 cm³/mol. The van der Waals surface area contributed by atoms with Crippen LogP contribution in [0.2, 0.25) is 0 Å². The van der Waals surface area contributed by atoms with Gasteiger partial charge in [0.05, 0.1) is 12.5 Å². The molecule has 6 atom stereocenters. The molecule has 48 heavy (non-hydrogen) atoms. The number of carbonyl (C=O) groups is 7. The molecule has 0 saturated heterocycles. The number of amides is 5. The Bertz CT molecular complexity index is 1190. The average molecular weight is 687 g/mol. The monoisotopic (exact) mass is 686 g/mol. The fraction of sp³-hybridized carbons (Fsp3) is 0.667. The number of primary amides is 1. The van der Waals surface area contributed by atoms with Gasteiger partial charge in [0.1, 0.15) is 24.2 Å². The molecule has 5 amide bonds. The van der Waals surface area contributed by atoms with Crippen molar-refractivity contribution >= 4 is 53.4 Å². The Morgan fingerprint density at radius 1 is 0.667 bits per heavy atom. The molecule has 0 aromatic carbocycles. The minimum Gasteiger partial charge on any atom is -0.481 e. The lowest BCUT2D eigenvalue weighted by atomic mass is 9.97. The molecule has 0 aliphatic carbocycles. The highest BCUT2D eigenvalue weighted by Gasteiger charge is 2.34. The second-order valence-corrected chi connectivity index (χ2v) is 11.0. The second-order valence-electron chi connectivity index (χ2n) is 11.0. The van der Waals surface area contributed by atoms with E-state index in [0.717, 1.165) is 0 Å². The number of nitrogens with two attached hydrogens (primary N) is 6. The number of nitrogens with zero attached hydrogens (tertiary/aromatic N) is 2. The van der Waals surface area contributed by atoms with Gasteiger partial charge in [-0.15, -0.1) is 0 Å². The van der Waals surface area contributed by atoms with E-state index in [1.165, 1.54) is 0 Å². The van der Waals surface area contributed by atoms with Crippen LogP contribution < -0.4 is 55.7 Å². The van der Waals surface area contributed by atoms with Crippen LogP contribution in [0, 0.1) is 5.92 Å². The van der Waals surface area contributed by atoms with Gasteiger partial charge >= 0.3 is 11.9 Å². The average Bonchev–Trinajstić information content (AvgIpc) is 2.99. The van der Waals surface area contributed by atoms with Gasteiger partial charge in [-0.2, -0.15) is 0 Å². The molecule has 0 spiro atoms. The number of hydrogen-bond acceptors (Lipinski definition) is 10. The summed E-state index contributed by atoms with van der Waals surface area (Å²) in [7, 11) is 0. The number of carboxylic acids is 2. The highest BCUT2D eigenvalue weighted by molar-refractivity contribution is 5.97. The molecule has 0 heterocycles. The molecule has 0 unspecified atom stereocenters. The van der Waals surface area contributed by atoms with Crippen molar-refractivity contribution in [3.63, 3.8) is 0 Å². The zero-order valence-corrected chi connectivity index (χ0v) is 27.1. The summed E-state index contributed by atoms with van der Waals surface area (Å²) in [5, 5.41) is 28.2. The first-order valence-electron chi connectivity index (χ1n) is 15.2. The van der Waals surface area contributed by atoms with Crippen molar-refractivity contribution in [2.45, 2.75) is 95.4 Å². The topological polar surface area (TPSA) is 389 Å². The molecular formula is C27H50N12O9. The summed E-state index contributed by atoms with van der Waals surface area (Å²) >= 11 is 0. The normalized spacial score (nSPS) is 14.4. The number of guanidine groups is 2. The van der Waals surface area contributed by atoms with Crippen LogP contribution in [0.5, 0.6) is 0 Å². The van der Waals surface area contributed by atoms with Gasteiger partial charge in [-0.3, -0.25) is 38.8 Å². The van der Waals surface area contributed by atoms with Crippen molar-refractivity contribution in [1.82, 2.24) is 21.3 Å². The van der Waals surface area contributed by atoms with E-state index in [-0.39, 0.29) is 44.3 Å². The minimum absolute atomic E-state index is 0.0389. The highest BCUT2D eigenvalue weighted by atomic mass is 16.4. The van der Waals surface area contributed by atoms with Gasteiger partial charge in [0.25, 0.3) is 0 Å². The zero-order valence-electron chi connectivity index (χ0n) is 27.1. The molecule has 21 nitrogen and oxygen atoms in total. The predicted octanol–water partition coefficient (Wildman–Crippen LogP) is -4.77. The van der Waals surface area contributed by atoms with Gasteiger partial charge in [-0.25, -0.2) is 4.79 Å². The number of rotatable bonds is 24. The van der Waals surface area contributed by atoms with Crippen LogP contribution in [-0.2, 0) is 33.6 Å². The number of hydrogen-bond donors (Lipinski definition) is 12. The lowest BCUT2D eigenvalue weighted by molar-refractivity contribution is -0.143. The van der Waals surface area contributed by atoms with Crippen molar-refractivity contribution in [3.8, 4) is 0 Å². The van der Waals surface area contributed by atoms with Crippen LogP contribution in [-0.4, -0.2) is 107 Å². The number of carboxylic acid groups (broad SMARTS) is 2. The van der Waals surface area contributed by atoms with Gasteiger partial charge in [0.15, 0.2) is 11.9 Å². The third kappa shape index (κ3) is 18.1. The number of aliphatic imine (C=N–C) groups is 2. The van der Waals surface area contributed by atoms with Crippen LogP contribution >= 0.6 is 0 Å². The van der Waals surface area contributed by atoms with Crippen molar-refractivity contribution in [2.75, 3.05) is 13.1 Å². The highest BCUT2D eigenvalue weighted by Crippen LogP contribution is 2.11. The maximum absolute atomic E-state index is 13.4. The van der Waals surface area contributed by atoms with E-state index >= 15 is 0 Å². The SMILES string of the molecule is CC[C@H](C)[C@H](NC(=O)[C@H](CC(N)=O)NC(=O)[C@H](CCC(=O)O)NC(=O)[C@@H](N)CCCN=C(N)N)C(=O)N[C@@H](CCCN=C(N)N)C(=O)O. The van der Waals surface area contributed by atoms with Crippen LogP contribution in [0.3, 0.4) is 0 Å². The molecule has 0 aliphatic heterocycles. The molecule has 272 valence electrons. The Morgan fingerprint density at radius 2 is 1.17 bits per heavy atom. The third-order valence-electron chi connectivity index (χ3n) is 6.98. The summed E-state index contributed by atoms with van der Waals surface area (Å²) in [4.78, 5) is 94.9. The Labute approximate surface area is 277 Å². The largest absolute Gasteiger partial charge is 0.481 e. The maximum Gasteiger partial charge on any atom is 0.326 e. The van der Waals surface area contributed by atoms with Crippen LogP contribution in [0.15, 0.2) is 9.98 Å². The summed E-state index contributed by atoms with van der Waals surface area (Å²) in [6, 6.07) is -6.95. The van der Waals surface area contributed by atoms with E-state index in [9.17, 15) is 38.7 Å². The van der Waals surface area contributed by atoms with Crippen molar-refractivity contribution in [1.29, 1.82) is 0 Å². The summed E-state index contributed by atoms with van der Waals surface area (Å²) in [6.45, 7) is 3.62. The fourth-order valence-electron chi connectivity index (χ4n) is 4.13. The van der Waals surface area contributed by atoms with Gasteiger partial charge < -0.3 is 65.9 Å². The second kappa shape index (κ2) is 22.3. The maximum atomic E-state index is 13.4. The Balaban J connectivity index is 5.90. The standard InChI is InChI=1S/C27H50N12O9/c1-3-13(2)20(24(46)37-16(25(47)48)7-5-11-35-27(32)33)39-23(45)17(12-18(29)40)38-22(44)15(8-9-19(41)42)36-21(43)14(28)6-4-10-34-26(30)31/h13-17,20H,3-12,28H2,1-2H3,(H2,29,40)(H,36,43)(H,37,46)(H,38,44)(H,39,45)(H,41,42)(H,47,48)(H4,30,31,34)(H4,32,33,35)/t13-,14-,15-,16-,17-,20-/m0/s1. The van der Waals surface area contributed by atoms with Gasteiger partial charge in [-0.1, -0.05) is 20.3 Å². The molecule has 18 N–H and O–H groups in total. The van der Waals surface area contributed by atoms with E-state index in [4.69, 9.17) is 39.5 Å². The fourth-order valence-corrected chi connectivity index (χ4v) is 4.13. The van der Waals surface area contributed by atoms with E-state index in [0.29, 0.717) is 12.8 Å². The quantitative estimate of drug-likeness (QED) is 0.0258. The molecular weight excluding hydrogens is 636 g/mol. The summed E-state index contributed by atoms with van der Waals surface area (Å²) in [6.07, 6.45) is -0.751. The molecule has 0 fully saturated rings. The van der Waals surface area contributed by atoms with Crippen LogP contribution in [0.25, 0.3) is 0 Å². The Morgan fingerprint density at radius 3 is 1.65 bits per heavy atom. The number of carbonyl (C=O) groups excluding carboxylic acids is 5. The molecule has 0 aliphatic rings. The first kappa shape index (κ1) is 42.8. The molecule has 0 aromatic heterocycles. The summed E-state index contributed by atoms with van der Waals surface area (Å²) < 4.78 is 0. The molecule has 21 heteroatoms. The van der Waals surface area contributed by atoms with Gasteiger partial charge in [0, 0.05) is 19.5 Å². The van der Waals surface area contributed by atoms with E-state index < -0.39 is 96.9 Å². The third-order valence-corrected chi connectivity index (χ3v) is 6.98. The van der Waals surface area contributed by atoms with E-state index in [1.54, 1.807) is 13.8 Å². The summed E-state index contributed by atoms with van der Waals surface area (Å²) in [5.74, 6) is -8.24. The van der Waals surface area contributed by atoms with E-state index in [2.05, 4.69) is 31.3 Å². The molecule has 0 saturated carbocycles. The lowest BCUT2D eigenvalue weighted by Gasteiger charge is -2.28. The minimum atomic E-state index is -1.67. The molecule has 0 rings (SSSR count).